The van der Waals surface area contributed by atoms with Crippen LogP contribution >= 0.6 is 23.1 Å². The Labute approximate surface area is 152 Å². The minimum Gasteiger partial charge on any atom is -0.323 e. The van der Waals surface area contributed by atoms with Crippen LogP contribution in [0.1, 0.15) is 22.4 Å². The molecule has 0 saturated heterocycles. The average Bonchev–Trinajstić information content (AvgIpc) is 3.16. The van der Waals surface area contributed by atoms with E-state index in [1.54, 1.807) is 29.8 Å². The number of hydrogen-bond donors (Lipinski definition) is 1. The van der Waals surface area contributed by atoms with Gasteiger partial charge in [-0.05, 0) is 49.4 Å². The van der Waals surface area contributed by atoms with Crippen LogP contribution in [0.25, 0.3) is 10.2 Å². The molecule has 0 atom stereocenters. The number of thioether (sulfide) groups is 1. The van der Waals surface area contributed by atoms with Crippen molar-refractivity contribution in [3.8, 4) is 0 Å². The smallest absolute Gasteiger partial charge is 0.234 e. The number of nitrogens with one attached hydrogen (secondary N) is 1. The van der Waals surface area contributed by atoms with Crippen LogP contribution in [0.4, 0.5) is 10.1 Å². The van der Waals surface area contributed by atoms with E-state index in [1.165, 1.54) is 34.7 Å². The largest absolute Gasteiger partial charge is 0.323 e. The van der Waals surface area contributed by atoms with Gasteiger partial charge in [-0.15, -0.1) is 11.3 Å². The molecule has 0 unspecified atom stereocenters. The number of fused-ring (bicyclic) bond motifs is 3. The van der Waals surface area contributed by atoms with E-state index < -0.39 is 5.82 Å². The number of nitrogens with zero attached hydrogens (tertiary/aromatic N) is 2. The first-order valence-corrected chi connectivity index (χ1v) is 9.86. The third kappa shape index (κ3) is 3.26. The highest BCUT2D eigenvalue weighted by Gasteiger charge is 2.21. The number of rotatable bonds is 4. The van der Waals surface area contributed by atoms with Crippen molar-refractivity contribution < 1.29 is 9.18 Å². The number of aryl methyl sites for hydroxylation is 3. The van der Waals surface area contributed by atoms with Crippen LogP contribution in [0, 0.1) is 12.7 Å². The Hall–Kier alpha value is -1.99. The van der Waals surface area contributed by atoms with E-state index in [4.69, 9.17) is 0 Å². The number of thiophene rings is 1. The average molecular weight is 373 g/mol. The number of aromatic nitrogens is 2. The van der Waals surface area contributed by atoms with E-state index in [9.17, 15) is 9.18 Å². The van der Waals surface area contributed by atoms with Gasteiger partial charge < -0.3 is 5.32 Å². The van der Waals surface area contributed by atoms with Crippen LogP contribution < -0.4 is 5.32 Å². The number of halogens is 1. The van der Waals surface area contributed by atoms with Crippen LogP contribution in [-0.4, -0.2) is 21.6 Å². The molecule has 1 N–H and O–H groups in total. The zero-order valence-corrected chi connectivity index (χ0v) is 15.3. The second kappa shape index (κ2) is 6.72. The van der Waals surface area contributed by atoms with E-state index >= 15 is 0 Å². The first kappa shape index (κ1) is 16.5. The Morgan fingerprint density at radius 1 is 1.36 bits per heavy atom. The number of carbonyl (C=O) groups excluding carboxylic acids is 1. The highest BCUT2D eigenvalue weighted by atomic mass is 32.2. The molecule has 4 nitrogen and oxygen atoms in total. The Morgan fingerprint density at radius 3 is 3.08 bits per heavy atom. The molecular formula is C18H16FN3OS2. The quantitative estimate of drug-likeness (QED) is 0.545. The van der Waals surface area contributed by atoms with Gasteiger partial charge in [-0.3, -0.25) is 4.79 Å². The molecule has 1 aliphatic rings. The Kier molecular flexibility index (Phi) is 4.43. The zero-order chi connectivity index (χ0) is 17.4. The molecule has 0 saturated carbocycles. The Morgan fingerprint density at radius 2 is 2.24 bits per heavy atom. The van der Waals surface area contributed by atoms with Crippen molar-refractivity contribution in [3.63, 3.8) is 0 Å². The summed E-state index contributed by atoms with van der Waals surface area (Å²) >= 11 is 3.10. The molecular weight excluding hydrogens is 357 g/mol. The molecule has 1 aromatic carbocycles. The fourth-order valence-corrected chi connectivity index (χ4v) is 5.17. The fourth-order valence-electron chi connectivity index (χ4n) is 3.05. The molecule has 2 aromatic heterocycles. The molecule has 25 heavy (non-hydrogen) atoms. The standard InChI is InChI=1S/C18H16FN3OS2/c1-10-5-6-13(12(19)7-10)22-15(23)8-24-17-16-11-3-2-4-14(11)25-18(16)21-9-20-17/h5-7,9H,2-4,8H2,1H3,(H,22,23). The third-order valence-electron chi connectivity index (χ3n) is 4.21. The van der Waals surface area contributed by atoms with Crippen LogP contribution in [0.15, 0.2) is 29.6 Å². The lowest BCUT2D eigenvalue weighted by atomic mass is 10.2. The van der Waals surface area contributed by atoms with Crippen molar-refractivity contribution in [3.05, 3.63) is 46.3 Å². The van der Waals surface area contributed by atoms with Crippen molar-refractivity contribution in [2.45, 2.75) is 31.2 Å². The van der Waals surface area contributed by atoms with Gasteiger partial charge >= 0.3 is 0 Å². The summed E-state index contributed by atoms with van der Waals surface area (Å²) < 4.78 is 13.8. The van der Waals surface area contributed by atoms with Gasteiger partial charge in [0, 0.05) is 10.3 Å². The highest BCUT2D eigenvalue weighted by Crippen LogP contribution is 2.39. The number of benzene rings is 1. The van der Waals surface area contributed by atoms with Gasteiger partial charge in [0.2, 0.25) is 5.91 Å². The van der Waals surface area contributed by atoms with E-state index in [0.717, 1.165) is 33.6 Å². The second-order valence-electron chi connectivity index (χ2n) is 6.04. The SMILES string of the molecule is Cc1ccc(NC(=O)CSc2ncnc3sc4c(c23)CCC4)c(F)c1. The molecule has 1 amide bonds. The third-order valence-corrected chi connectivity index (χ3v) is 6.39. The molecule has 0 spiro atoms. The first-order valence-electron chi connectivity index (χ1n) is 8.06. The van der Waals surface area contributed by atoms with E-state index in [2.05, 4.69) is 15.3 Å². The molecule has 4 rings (SSSR count). The van der Waals surface area contributed by atoms with Gasteiger partial charge in [-0.25, -0.2) is 14.4 Å². The molecule has 0 aliphatic heterocycles. The van der Waals surface area contributed by atoms with Crippen molar-refractivity contribution >= 4 is 44.9 Å². The molecule has 0 radical (unpaired) electrons. The summed E-state index contributed by atoms with van der Waals surface area (Å²) in [6.45, 7) is 1.81. The molecule has 128 valence electrons. The van der Waals surface area contributed by atoms with E-state index in [1.807, 2.05) is 6.92 Å². The molecule has 3 aromatic rings. The lowest BCUT2D eigenvalue weighted by Gasteiger charge is -2.07. The van der Waals surface area contributed by atoms with Gasteiger partial charge in [-0.1, -0.05) is 17.8 Å². The minimum absolute atomic E-state index is 0.185. The Balaban J connectivity index is 1.50. The summed E-state index contributed by atoms with van der Waals surface area (Å²) in [6.07, 6.45) is 4.88. The highest BCUT2D eigenvalue weighted by molar-refractivity contribution is 8.00. The summed E-state index contributed by atoms with van der Waals surface area (Å²) in [5.41, 5.74) is 2.37. The van der Waals surface area contributed by atoms with Gasteiger partial charge in [0.1, 0.15) is 22.0 Å². The van der Waals surface area contributed by atoms with Gasteiger partial charge in [-0.2, -0.15) is 0 Å². The van der Waals surface area contributed by atoms with Crippen LogP contribution in [-0.2, 0) is 17.6 Å². The number of carbonyl (C=O) groups is 1. The summed E-state index contributed by atoms with van der Waals surface area (Å²) in [6, 6.07) is 4.77. The molecule has 7 heteroatoms. The number of hydrogen-bond acceptors (Lipinski definition) is 5. The predicted molar refractivity (Wildman–Crippen MR) is 99.9 cm³/mol. The summed E-state index contributed by atoms with van der Waals surface area (Å²) in [5.74, 6) is -0.478. The summed E-state index contributed by atoms with van der Waals surface area (Å²) in [5, 5.41) is 4.56. The van der Waals surface area contributed by atoms with Crippen molar-refractivity contribution in [1.82, 2.24) is 9.97 Å². The lowest BCUT2D eigenvalue weighted by molar-refractivity contribution is -0.113. The summed E-state index contributed by atoms with van der Waals surface area (Å²) in [4.78, 5) is 23.3. The summed E-state index contributed by atoms with van der Waals surface area (Å²) in [7, 11) is 0. The second-order valence-corrected chi connectivity index (χ2v) is 8.08. The van der Waals surface area contributed by atoms with E-state index in [-0.39, 0.29) is 17.3 Å². The van der Waals surface area contributed by atoms with E-state index in [0.29, 0.717) is 0 Å². The van der Waals surface area contributed by atoms with Crippen molar-refractivity contribution in [2.75, 3.05) is 11.1 Å². The van der Waals surface area contributed by atoms with Crippen LogP contribution in [0.2, 0.25) is 0 Å². The zero-order valence-electron chi connectivity index (χ0n) is 13.6. The lowest BCUT2D eigenvalue weighted by Crippen LogP contribution is -2.15. The van der Waals surface area contributed by atoms with Crippen LogP contribution in [0.3, 0.4) is 0 Å². The van der Waals surface area contributed by atoms with Crippen LogP contribution in [0.5, 0.6) is 0 Å². The van der Waals surface area contributed by atoms with Crippen molar-refractivity contribution in [1.29, 1.82) is 0 Å². The maximum atomic E-state index is 13.8. The van der Waals surface area contributed by atoms with Gasteiger partial charge in [0.25, 0.3) is 0 Å². The fraction of sp³-hybridized carbons (Fsp3) is 0.278. The van der Waals surface area contributed by atoms with Gasteiger partial charge in [0.15, 0.2) is 0 Å². The maximum Gasteiger partial charge on any atom is 0.234 e. The topological polar surface area (TPSA) is 54.9 Å². The molecule has 2 heterocycles. The van der Waals surface area contributed by atoms with Gasteiger partial charge in [0.05, 0.1) is 11.4 Å². The predicted octanol–water partition coefficient (Wildman–Crippen LogP) is 4.36. The minimum atomic E-state index is -0.418. The first-order chi connectivity index (χ1) is 12.1. The maximum absolute atomic E-state index is 13.8. The monoisotopic (exact) mass is 373 g/mol. The Bertz CT molecular complexity index is 970. The molecule has 1 aliphatic carbocycles. The normalized spacial score (nSPS) is 13.2. The number of amides is 1. The molecule has 0 fully saturated rings. The number of anilines is 1. The molecule has 0 bridgehead atoms. The van der Waals surface area contributed by atoms with Crippen molar-refractivity contribution in [2.24, 2.45) is 0 Å².